The van der Waals surface area contributed by atoms with Gasteiger partial charge in [-0.3, -0.25) is 14.5 Å². The van der Waals surface area contributed by atoms with Crippen LogP contribution >= 0.6 is 0 Å². The molecule has 4 aromatic rings. The molecule has 2 heterocycles. The fraction of sp³-hybridized carbons (Fsp3) is 0.290. The van der Waals surface area contributed by atoms with E-state index >= 15 is 0 Å². The number of rotatable bonds is 10. The lowest BCUT2D eigenvalue weighted by Crippen LogP contribution is -2.43. The van der Waals surface area contributed by atoms with Crippen LogP contribution in [0, 0.1) is 0 Å². The van der Waals surface area contributed by atoms with E-state index in [0.717, 1.165) is 60.5 Å². The molecular weight excluding hydrogens is 504 g/mol. The lowest BCUT2D eigenvalue weighted by Gasteiger charge is -2.32. The second kappa shape index (κ2) is 12.2. The number of ketones is 1. The number of aromatic nitrogens is 2. The van der Waals surface area contributed by atoms with Gasteiger partial charge in [0.1, 0.15) is 17.9 Å². The lowest BCUT2D eigenvalue weighted by molar-refractivity contribution is 0.0987. The third kappa shape index (κ3) is 6.44. The molecule has 5 rings (SSSR count). The second-order valence-electron chi connectivity index (χ2n) is 10.2. The highest BCUT2D eigenvalue weighted by Crippen LogP contribution is 2.26. The van der Waals surface area contributed by atoms with Gasteiger partial charge in [0.2, 0.25) is 0 Å². The first-order valence-corrected chi connectivity index (χ1v) is 13.4. The van der Waals surface area contributed by atoms with Crippen molar-refractivity contribution in [3.05, 3.63) is 94.8 Å². The molecule has 1 aromatic heterocycles. The summed E-state index contributed by atoms with van der Waals surface area (Å²) in [6, 6.07) is 19.0. The molecular formula is C31H34N6O3. The van der Waals surface area contributed by atoms with E-state index in [1.807, 2.05) is 36.4 Å². The molecule has 9 nitrogen and oxygen atoms in total. The van der Waals surface area contributed by atoms with E-state index in [9.17, 15) is 9.59 Å². The molecule has 1 saturated heterocycles. The summed E-state index contributed by atoms with van der Waals surface area (Å²) in [6.07, 6.45) is 1.75. The van der Waals surface area contributed by atoms with Crippen molar-refractivity contribution in [1.29, 1.82) is 0 Å². The molecule has 1 aliphatic heterocycles. The van der Waals surface area contributed by atoms with Crippen LogP contribution in [-0.2, 0) is 19.5 Å². The van der Waals surface area contributed by atoms with E-state index in [1.165, 1.54) is 6.33 Å². The molecule has 0 radical (unpaired) electrons. The Morgan fingerprint density at radius 1 is 0.950 bits per heavy atom. The average Bonchev–Trinajstić information content (AvgIpc) is 2.97. The maximum absolute atomic E-state index is 12.8. The summed E-state index contributed by atoms with van der Waals surface area (Å²) in [7, 11) is 3.73. The highest BCUT2D eigenvalue weighted by atomic mass is 16.5. The molecule has 40 heavy (non-hydrogen) atoms. The van der Waals surface area contributed by atoms with Crippen LogP contribution in [0.3, 0.4) is 0 Å². The molecule has 0 atom stereocenters. The first-order chi connectivity index (χ1) is 19.4. The van der Waals surface area contributed by atoms with Crippen molar-refractivity contribution in [3.63, 3.8) is 0 Å². The van der Waals surface area contributed by atoms with Crippen LogP contribution in [-0.4, -0.2) is 71.8 Å². The molecule has 206 valence electrons. The fourth-order valence-corrected chi connectivity index (χ4v) is 5.01. The number of benzene rings is 3. The first kappa shape index (κ1) is 27.2. The maximum Gasteiger partial charge on any atom is 0.250 e. The molecule has 1 fully saturated rings. The predicted molar refractivity (Wildman–Crippen MR) is 156 cm³/mol. The molecule has 3 N–H and O–H groups in total. The molecule has 0 aliphatic carbocycles. The number of primary amides is 1. The largest absolute Gasteiger partial charge is 0.497 e. The summed E-state index contributed by atoms with van der Waals surface area (Å²) in [5.41, 5.74) is 10.3. The van der Waals surface area contributed by atoms with E-state index in [-0.39, 0.29) is 5.78 Å². The van der Waals surface area contributed by atoms with Gasteiger partial charge in [0.05, 0.1) is 18.2 Å². The minimum atomic E-state index is -0.510. The van der Waals surface area contributed by atoms with Gasteiger partial charge in [-0.15, -0.1) is 0 Å². The molecule has 0 saturated carbocycles. The number of ether oxygens (including phenoxy) is 1. The number of likely N-dealkylation sites (N-methyl/N-ethyl adjacent to an activating group) is 1. The zero-order chi connectivity index (χ0) is 28.1. The Balaban J connectivity index is 1.33. The average molecular weight is 539 g/mol. The Labute approximate surface area is 234 Å². The Kier molecular flexibility index (Phi) is 8.33. The monoisotopic (exact) mass is 538 g/mol. The van der Waals surface area contributed by atoms with Crippen molar-refractivity contribution >= 4 is 28.4 Å². The van der Waals surface area contributed by atoms with Gasteiger partial charge in [0.25, 0.3) is 5.91 Å². The van der Waals surface area contributed by atoms with Crippen molar-refractivity contribution in [1.82, 2.24) is 19.8 Å². The van der Waals surface area contributed by atoms with Crippen molar-refractivity contribution in [3.8, 4) is 5.75 Å². The number of hydrogen-bond donors (Lipinski definition) is 2. The van der Waals surface area contributed by atoms with Crippen LogP contribution < -0.4 is 15.8 Å². The van der Waals surface area contributed by atoms with Gasteiger partial charge in [-0.1, -0.05) is 24.3 Å². The molecule has 1 aliphatic rings. The summed E-state index contributed by atoms with van der Waals surface area (Å²) in [6.45, 7) is 5.17. The predicted octanol–water partition coefficient (Wildman–Crippen LogP) is 3.52. The normalized spacial score (nSPS) is 14.2. The number of nitrogens with two attached hydrogens (primary N) is 1. The summed E-state index contributed by atoms with van der Waals surface area (Å²) >= 11 is 0. The van der Waals surface area contributed by atoms with E-state index in [1.54, 1.807) is 31.4 Å². The quantitative estimate of drug-likeness (QED) is 0.295. The van der Waals surface area contributed by atoms with E-state index in [0.29, 0.717) is 35.4 Å². The van der Waals surface area contributed by atoms with Gasteiger partial charge in [0, 0.05) is 56.6 Å². The Hall–Kier alpha value is -4.34. The minimum absolute atomic E-state index is 0.0430. The zero-order valence-corrected chi connectivity index (χ0v) is 22.9. The highest BCUT2D eigenvalue weighted by molar-refractivity contribution is 6.07. The van der Waals surface area contributed by atoms with Crippen LogP contribution in [0.5, 0.6) is 5.75 Å². The van der Waals surface area contributed by atoms with E-state index in [4.69, 9.17) is 10.5 Å². The van der Waals surface area contributed by atoms with Crippen LogP contribution in [0.15, 0.2) is 67.0 Å². The van der Waals surface area contributed by atoms with Gasteiger partial charge >= 0.3 is 0 Å². The summed E-state index contributed by atoms with van der Waals surface area (Å²) in [4.78, 5) is 38.7. The molecule has 0 unspecified atom stereocenters. The Bertz CT molecular complexity index is 1510. The second-order valence-corrected chi connectivity index (χ2v) is 10.2. The fourth-order valence-electron chi connectivity index (χ4n) is 5.01. The first-order valence-electron chi connectivity index (χ1n) is 13.4. The molecule has 3 aromatic carbocycles. The molecule has 9 heteroatoms. The number of carbonyl (C=O) groups is 2. The topological polar surface area (TPSA) is 114 Å². The molecule has 0 spiro atoms. The standard InChI is InChI=1S/C31H34N6O3/c1-36-10-12-37(13-11-36)19-23-15-26(30(32)39)29-27(16-23)31(35-20-34-29)33-18-22-5-3-4-21(14-22)17-28(38)24-6-8-25(40-2)9-7-24/h3-9,14-16,20H,10-13,17-19H2,1-2H3,(H2,32,39)(H,33,34,35). The number of anilines is 1. The van der Waals surface area contributed by atoms with Crippen molar-refractivity contribution in [2.24, 2.45) is 5.73 Å². The third-order valence-corrected chi connectivity index (χ3v) is 7.29. The highest BCUT2D eigenvalue weighted by Gasteiger charge is 2.18. The van der Waals surface area contributed by atoms with Crippen molar-refractivity contribution in [2.75, 3.05) is 45.7 Å². The third-order valence-electron chi connectivity index (χ3n) is 7.29. The number of methoxy groups -OCH3 is 1. The number of hydrogen-bond acceptors (Lipinski definition) is 8. The van der Waals surface area contributed by atoms with Crippen molar-refractivity contribution < 1.29 is 14.3 Å². The number of nitrogens with one attached hydrogen (secondary N) is 1. The van der Waals surface area contributed by atoms with Crippen LogP contribution in [0.2, 0.25) is 0 Å². The lowest BCUT2D eigenvalue weighted by atomic mass is 10.0. The van der Waals surface area contributed by atoms with E-state index in [2.05, 4.69) is 32.1 Å². The molecule has 0 bridgehead atoms. The van der Waals surface area contributed by atoms with Crippen LogP contribution in [0.1, 0.15) is 37.4 Å². The number of fused-ring (bicyclic) bond motifs is 1. The summed E-state index contributed by atoms with van der Waals surface area (Å²) < 4.78 is 5.18. The summed E-state index contributed by atoms with van der Waals surface area (Å²) in [5, 5.41) is 4.17. The smallest absolute Gasteiger partial charge is 0.250 e. The number of Topliss-reactive ketones (excluding diaryl/α,β-unsaturated/α-hetero) is 1. The minimum Gasteiger partial charge on any atom is -0.497 e. The zero-order valence-electron chi connectivity index (χ0n) is 22.9. The van der Waals surface area contributed by atoms with E-state index < -0.39 is 5.91 Å². The van der Waals surface area contributed by atoms with Gasteiger partial charge in [-0.25, -0.2) is 9.97 Å². The number of piperazine rings is 1. The van der Waals surface area contributed by atoms with Gasteiger partial charge in [-0.05, 0) is 60.1 Å². The number of carbonyl (C=O) groups excluding carboxylic acids is 2. The summed E-state index contributed by atoms with van der Waals surface area (Å²) in [5.74, 6) is 0.884. The maximum atomic E-state index is 12.8. The van der Waals surface area contributed by atoms with Gasteiger partial charge in [-0.2, -0.15) is 0 Å². The SMILES string of the molecule is COc1ccc(C(=O)Cc2cccc(CNc3ncnc4c(C(N)=O)cc(CN5CCN(C)CC5)cc34)c2)cc1. The van der Waals surface area contributed by atoms with Crippen LogP contribution in [0.4, 0.5) is 5.82 Å². The van der Waals surface area contributed by atoms with Crippen molar-refractivity contribution in [2.45, 2.75) is 19.5 Å². The van der Waals surface area contributed by atoms with Crippen LogP contribution in [0.25, 0.3) is 10.9 Å². The number of amides is 1. The Morgan fingerprint density at radius 2 is 1.70 bits per heavy atom. The molecule has 1 amide bonds. The van der Waals surface area contributed by atoms with Gasteiger partial charge in [0.15, 0.2) is 5.78 Å². The Morgan fingerprint density at radius 3 is 2.42 bits per heavy atom. The number of nitrogens with zero attached hydrogens (tertiary/aromatic N) is 4. The van der Waals surface area contributed by atoms with Gasteiger partial charge < -0.3 is 20.7 Å².